The van der Waals surface area contributed by atoms with Crippen molar-refractivity contribution >= 4 is 22.7 Å². The maximum atomic E-state index is 10.5. The average Bonchev–Trinajstić information content (AvgIpc) is 3.43. The molecule has 0 spiro atoms. The molecule has 28 heavy (non-hydrogen) atoms. The zero-order valence-electron chi connectivity index (χ0n) is 15.9. The molecule has 1 saturated heterocycles. The molecule has 1 aromatic heterocycles. The molecule has 1 atom stereocenters. The molecule has 2 aromatic rings. The van der Waals surface area contributed by atoms with E-state index in [0.29, 0.717) is 41.0 Å². The van der Waals surface area contributed by atoms with Gasteiger partial charge in [-0.1, -0.05) is 0 Å². The number of thiazole rings is 1. The molecule has 0 saturated carbocycles. The third kappa shape index (κ3) is 3.45. The second-order valence-corrected chi connectivity index (χ2v) is 7.65. The fourth-order valence-electron chi connectivity index (χ4n) is 3.57. The Morgan fingerprint density at radius 3 is 2.93 bits per heavy atom. The number of benzene rings is 1. The molecule has 0 radical (unpaired) electrons. The predicted molar refractivity (Wildman–Crippen MR) is 108 cm³/mol. The Morgan fingerprint density at radius 2 is 2.21 bits per heavy atom. The van der Waals surface area contributed by atoms with Gasteiger partial charge in [-0.25, -0.2) is 4.98 Å². The van der Waals surface area contributed by atoms with E-state index in [0.717, 1.165) is 30.7 Å². The minimum Gasteiger partial charge on any atom is -0.510 e. The second-order valence-electron chi connectivity index (χ2n) is 6.79. The van der Waals surface area contributed by atoms with Crippen molar-refractivity contribution in [2.24, 2.45) is 0 Å². The largest absolute Gasteiger partial charge is 0.510 e. The Hall–Kier alpha value is -2.58. The molecule has 0 bridgehead atoms. The number of hydrogen-bond acceptors (Lipinski definition) is 7. The molecular weight excluding hydrogens is 378 g/mol. The summed E-state index contributed by atoms with van der Waals surface area (Å²) in [6.07, 6.45) is 2.17. The SMILES string of the molecule is COc1ccc(OC)c(-c2csc(C3=C(O)CN(C[C@@H]4CCCO4)C3=N)n2)c1. The number of hydrogen-bond donors (Lipinski definition) is 2. The van der Waals surface area contributed by atoms with Gasteiger partial charge in [0.1, 0.15) is 28.1 Å². The smallest absolute Gasteiger partial charge is 0.135 e. The first-order valence-electron chi connectivity index (χ1n) is 9.16. The highest BCUT2D eigenvalue weighted by Crippen LogP contribution is 2.37. The molecule has 0 amide bonds. The molecule has 0 unspecified atom stereocenters. The number of aliphatic hydroxyl groups is 1. The van der Waals surface area contributed by atoms with Crippen LogP contribution in [0.5, 0.6) is 11.5 Å². The molecule has 7 nitrogen and oxygen atoms in total. The maximum Gasteiger partial charge on any atom is 0.135 e. The van der Waals surface area contributed by atoms with Crippen molar-refractivity contribution in [3.63, 3.8) is 0 Å². The van der Waals surface area contributed by atoms with Gasteiger partial charge in [0.2, 0.25) is 0 Å². The first-order chi connectivity index (χ1) is 13.6. The van der Waals surface area contributed by atoms with Crippen LogP contribution in [0.4, 0.5) is 0 Å². The van der Waals surface area contributed by atoms with Crippen LogP contribution in [0.2, 0.25) is 0 Å². The minimum atomic E-state index is 0.125. The van der Waals surface area contributed by atoms with Crippen LogP contribution in [0.15, 0.2) is 29.3 Å². The third-order valence-electron chi connectivity index (χ3n) is 5.03. The number of rotatable bonds is 6. The number of nitrogens with one attached hydrogen (secondary N) is 1. The fourth-order valence-corrected chi connectivity index (χ4v) is 4.46. The Labute approximate surface area is 167 Å². The summed E-state index contributed by atoms with van der Waals surface area (Å²) in [4.78, 5) is 6.53. The lowest BCUT2D eigenvalue weighted by molar-refractivity contribution is 0.0924. The van der Waals surface area contributed by atoms with Gasteiger partial charge >= 0.3 is 0 Å². The first-order valence-corrected chi connectivity index (χ1v) is 10.0. The molecule has 4 rings (SSSR count). The van der Waals surface area contributed by atoms with Crippen molar-refractivity contribution in [3.05, 3.63) is 34.3 Å². The number of nitrogens with zero attached hydrogens (tertiary/aromatic N) is 2. The molecule has 148 valence electrons. The van der Waals surface area contributed by atoms with Crippen molar-refractivity contribution < 1.29 is 19.3 Å². The van der Waals surface area contributed by atoms with Gasteiger partial charge in [0.05, 0.1) is 38.1 Å². The summed E-state index contributed by atoms with van der Waals surface area (Å²) >= 11 is 1.40. The topological polar surface area (TPSA) is 87.9 Å². The maximum absolute atomic E-state index is 10.5. The van der Waals surface area contributed by atoms with Gasteiger partial charge in [-0.3, -0.25) is 5.41 Å². The zero-order chi connectivity index (χ0) is 19.7. The van der Waals surface area contributed by atoms with E-state index in [-0.39, 0.29) is 11.9 Å². The van der Waals surface area contributed by atoms with Crippen molar-refractivity contribution in [3.8, 4) is 22.8 Å². The number of ether oxygens (including phenoxy) is 3. The highest BCUT2D eigenvalue weighted by Gasteiger charge is 2.32. The van der Waals surface area contributed by atoms with Gasteiger partial charge in [0.15, 0.2) is 0 Å². The molecule has 2 N–H and O–H groups in total. The summed E-state index contributed by atoms with van der Waals surface area (Å²) in [5.74, 6) is 1.88. The van der Waals surface area contributed by atoms with Gasteiger partial charge in [0, 0.05) is 24.1 Å². The molecule has 2 aliphatic rings. The van der Waals surface area contributed by atoms with E-state index in [1.807, 2.05) is 28.5 Å². The second kappa shape index (κ2) is 7.81. The van der Waals surface area contributed by atoms with Crippen molar-refractivity contribution in [1.82, 2.24) is 9.88 Å². The lowest BCUT2D eigenvalue weighted by Crippen LogP contribution is -2.34. The lowest BCUT2D eigenvalue weighted by atomic mass is 10.1. The van der Waals surface area contributed by atoms with Crippen LogP contribution in [0.3, 0.4) is 0 Å². The standard InChI is InChI=1S/C20H23N3O4S/c1-25-12-5-6-17(26-2)14(8-12)15-11-28-20(22-15)18-16(24)10-23(19(18)21)9-13-4-3-7-27-13/h5-6,8,11,13,21,24H,3-4,7,9-10H2,1-2H3/t13-/m0/s1. The van der Waals surface area contributed by atoms with E-state index < -0.39 is 0 Å². The summed E-state index contributed by atoms with van der Waals surface area (Å²) in [6, 6.07) is 5.54. The molecular formula is C20H23N3O4S. The van der Waals surface area contributed by atoms with Crippen LogP contribution in [-0.2, 0) is 4.74 Å². The van der Waals surface area contributed by atoms with E-state index in [9.17, 15) is 5.11 Å². The quantitative estimate of drug-likeness (QED) is 0.769. The van der Waals surface area contributed by atoms with E-state index in [2.05, 4.69) is 4.98 Å². The third-order valence-corrected chi connectivity index (χ3v) is 5.89. The van der Waals surface area contributed by atoms with Crippen LogP contribution in [0, 0.1) is 5.41 Å². The Balaban J connectivity index is 1.59. The zero-order valence-corrected chi connectivity index (χ0v) is 16.7. The average molecular weight is 401 g/mol. The minimum absolute atomic E-state index is 0.125. The van der Waals surface area contributed by atoms with Crippen molar-refractivity contribution in [1.29, 1.82) is 5.41 Å². The van der Waals surface area contributed by atoms with Crippen LogP contribution in [0.1, 0.15) is 17.8 Å². The van der Waals surface area contributed by atoms with E-state index in [1.165, 1.54) is 11.3 Å². The molecule has 1 fully saturated rings. The fraction of sp³-hybridized carbons (Fsp3) is 0.400. The molecule has 8 heteroatoms. The van der Waals surface area contributed by atoms with Gasteiger partial charge in [-0.2, -0.15) is 0 Å². The van der Waals surface area contributed by atoms with E-state index >= 15 is 0 Å². The number of aromatic nitrogens is 1. The van der Waals surface area contributed by atoms with Crippen LogP contribution in [-0.4, -0.2) is 60.8 Å². The van der Waals surface area contributed by atoms with Gasteiger partial charge in [-0.05, 0) is 31.0 Å². The summed E-state index contributed by atoms with van der Waals surface area (Å²) in [6.45, 7) is 1.72. The molecule has 1 aromatic carbocycles. The van der Waals surface area contributed by atoms with Gasteiger partial charge in [0.25, 0.3) is 0 Å². The van der Waals surface area contributed by atoms with Crippen LogP contribution < -0.4 is 9.47 Å². The highest BCUT2D eigenvalue weighted by molar-refractivity contribution is 7.11. The number of aliphatic hydroxyl groups excluding tert-OH is 1. The van der Waals surface area contributed by atoms with Gasteiger partial charge in [-0.15, -0.1) is 11.3 Å². The van der Waals surface area contributed by atoms with Gasteiger partial charge < -0.3 is 24.2 Å². The normalized spacial score (nSPS) is 19.6. The van der Waals surface area contributed by atoms with Crippen molar-refractivity contribution in [2.45, 2.75) is 18.9 Å². The Morgan fingerprint density at radius 1 is 1.36 bits per heavy atom. The summed E-state index contributed by atoms with van der Waals surface area (Å²) < 4.78 is 16.4. The molecule has 0 aliphatic carbocycles. The van der Waals surface area contributed by atoms with Crippen molar-refractivity contribution in [2.75, 3.05) is 33.9 Å². The number of amidine groups is 1. The molecule has 3 heterocycles. The highest BCUT2D eigenvalue weighted by atomic mass is 32.1. The van der Waals surface area contributed by atoms with E-state index in [4.69, 9.17) is 19.6 Å². The van der Waals surface area contributed by atoms with Crippen LogP contribution in [0.25, 0.3) is 16.8 Å². The molecule has 2 aliphatic heterocycles. The van der Waals surface area contributed by atoms with Crippen LogP contribution >= 0.6 is 11.3 Å². The Kier molecular flexibility index (Phi) is 5.23. The lowest BCUT2D eigenvalue weighted by Gasteiger charge is -2.21. The summed E-state index contributed by atoms with van der Waals surface area (Å²) in [5.41, 5.74) is 2.03. The van der Waals surface area contributed by atoms with E-state index in [1.54, 1.807) is 14.2 Å². The Bertz CT molecular complexity index is 918. The first kappa shape index (κ1) is 18.8. The monoisotopic (exact) mass is 401 g/mol. The predicted octanol–water partition coefficient (Wildman–Crippen LogP) is 3.57. The number of methoxy groups -OCH3 is 2. The summed E-state index contributed by atoms with van der Waals surface area (Å²) in [5, 5.41) is 21.6. The summed E-state index contributed by atoms with van der Waals surface area (Å²) in [7, 11) is 3.23.